The summed E-state index contributed by atoms with van der Waals surface area (Å²) in [6.45, 7) is 1.35. The molecular formula is C20H22N4O3. The molecule has 140 valence electrons. The van der Waals surface area contributed by atoms with Crippen LogP contribution in [0.1, 0.15) is 40.5 Å². The third kappa shape index (κ3) is 3.32. The van der Waals surface area contributed by atoms with Gasteiger partial charge in [-0.05, 0) is 25.0 Å². The standard InChI is InChI=1S/C20H22N4O3/c1-23-12-16(15-4-2-3-5-18(15)23)20(27)24-8-6-13(7-9-24)17-10-14(21-22-17)11-19(25)26/h2-5,10,12-13H,6-9,11H2,1H3,(H,21,22)(H,25,26). The lowest BCUT2D eigenvalue weighted by atomic mass is 9.93. The molecule has 0 spiro atoms. The van der Waals surface area contributed by atoms with Crippen molar-refractivity contribution in [3.05, 3.63) is 53.5 Å². The van der Waals surface area contributed by atoms with Gasteiger partial charge in [-0.1, -0.05) is 18.2 Å². The van der Waals surface area contributed by atoms with Gasteiger partial charge in [-0.25, -0.2) is 0 Å². The molecule has 0 saturated carbocycles. The van der Waals surface area contributed by atoms with E-state index in [0.29, 0.717) is 18.8 Å². The van der Waals surface area contributed by atoms with Gasteiger partial charge in [0.1, 0.15) is 0 Å². The zero-order chi connectivity index (χ0) is 19.0. The highest BCUT2D eigenvalue weighted by Crippen LogP contribution is 2.29. The molecule has 2 N–H and O–H groups in total. The largest absolute Gasteiger partial charge is 0.481 e. The number of hydrogen-bond donors (Lipinski definition) is 2. The number of carboxylic acids is 1. The lowest BCUT2D eigenvalue weighted by Gasteiger charge is -2.31. The van der Waals surface area contributed by atoms with Crippen molar-refractivity contribution in [1.82, 2.24) is 19.7 Å². The number of carboxylic acid groups (broad SMARTS) is 1. The van der Waals surface area contributed by atoms with E-state index >= 15 is 0 Å². The highest BCUT2D eigenvalue weighted by molar-refractivity contribution is 6.07. The van der Waals surface area contributed by atoms with E-state index in [1.54, 1.807) is 0 Å². The maximum Gasteiger partial charge on any atom is 0.309 e. The summed E-state index contributed by atoms with van der Waals surface area (Å²) >= 11 is 0. The number of carbonyl (C=O) groups excluding carboxylic acids is 1. The maximum absolute atomic E-state index is 13.0. The number of aromatic nitrogens is 3. The predicted molar refractivity (Wildman–Crippen MR) is 101 cm³/mol. The Balaban J connectivity index is 1.45. The Morgan fingerprint density at radius 3 is 2.74 bits per heavy atom. The third-order valence-electron chi connectivity index (χ3n) is 5.32. The fraction of sp³-hybridized carbons (Fsp3) is 0.350. The van der Waals surface area contributed by atoms with Crippen molar-refractivity contribution < 1.29 is 14.7 Å². The number of para-hydroxylation sites is 1. The van der Waals surface area contributed by atoms with Crippen LogP contribution in [0.5, 0.6) is 0 Å². The van der Waals surface area contributed by atoms with Crippen molar-refractivity contribution in [2.45, 2.75) is 25.2 Å². The van der Waals surface area contributed by atoms with E-state index in [1.165, 1.54) is 0 Å². The van der Waals surface area contributed by atoms with Crippen molar-refractivity contribution in [3.8, 4) is 0 Å². The Hall–Kier alpha value is -3.09. The minimum atomic E-state index is -0.874. The molecule has 0 aliphatic carbocycles. The lowest BCUT2D eigenvalue weighted by Crippen LogP contribution is -2.37. The van der Waals surface area contributed by atoms with Crippen LogP contribution in [0, 0.1) is 0 Å². The zero-order valence-electron chi connectivity index (χ0n) is 15.2. The number of piperidine rings is 1. The molecular weight excluding hydrogens is 344 g/mol. The fourth-order valence-electron chi connectivity index (χ4n) is 3.90. The smallest absolute Gasteiger partial charge is 0.309 e. The Morgan fingerprint density at radius 1 is 1.26 bits per heavy atom. The van der Waals surface area contributed by atoms with Crippen molar-refractivity contribution in [1.29, 1.82) is 0 Å². The molecule has 3 aromatic rings. The van der Waals surface area contributed by atoms with E-state index in [9.17, 15) is 9.59 Å². The number of aryl methyl sites for hydroxylation is 1. The molecule has 1 amide bonds. The van der Waals surface area contributed by atoms with E-state index in [0.717, 1.165) is 35.0 Å². The second kappa shape index (κ2) is 6.90. The summed E-state index contributed by atoms with van der Waals surface area (Å²) in [7, 11) is 1.96. The monoisotopic (exact) mass is 366 g/mol. The number of nitrogens with zero attached hydrogens (tertiary/aromatic N) is 3. The molecule has 0 bridgehead atoms. The molecule has 1 aliphatic heterocycles. The number of nitrogens with one attached hydrogen (secondary N) is 1. The summed E-state index contributed by atoms with van der Waals surface area (Å²) < 4.78 is 1.99. The summed E-state index contributed by atoms with van der Waals surface area (Å²) in [6.07, 6.45) is 3.51. The highest BCUT2D eigenvalue weighted by atomic mass is 16.4. The molecule has 1 aliphatic rings. The number of hydrogen-bond acceptors (Lipinski definition) is 3. The number of aliphatic carboxylic acids is 1. The van der Waals surface area contributed by atoms with Gasteiger partial charge in [-0.2, -0.15) is 5.10 Å². The SMILES string of the molecule is Cn1cc(C(=O)N2CCC(c3cc(CC(=O)O)[nH]n3)CC2)c2ccccc21. The second-order valence-corrected chi connectivity index (χ2v) is 7.13. The number of carbonyl (C=O) groups is 2. The van der Waals surface area contributed by atoms with E-state index in [4.69, 9.17) is 5.11 Å². The number of aromatic amines is 1. The second-order valence-electron chi connectivity index (χ2n) is 7.13. The Bertz CT molecular complexity index is 996. The summed E-state index contributed by atoms with van der Waals surface area (Å²) in [5.74, 6) is -0.556. The van der Waals surface area contributed by atoms with Gasteiger partial charge in [0, 0.05) is 48.8 Å². The molecule has 0 radical (unpaired) electrons. The van der Waals surface area contributed by atoms with Gasteiger partial charge in [-0.3, -0.25) is 14.7 Å². The van der Waals surface area contributed by atoms with Gasteiger partial charge in [-0.15, -0.1) is 0 Å². The highest BCUT2D eigenvalue weighted by Gasteiger charge is 2.27. The molecule has 7 heteroatoms. The topological polar surface area (TPSA) is 91.2 Å². The van der Waals surface area contributed by atoms with Crippen LogP contribution in [-0.2, 0) is 18.3 Å². The number of H-pyrrole nitrogens is 1. The first kappa shape index (κ1) is 17.3. The van der Waals surface area contributed by atoms with Crippen molar-refractivity contribution in [2.24, 2.45) is 7.05 Å². The Kier molecular flexibility index (Phi) is 4.43. The van der Waals surface area contributed by atoms with Crippen LogP contribution in [0.3, 0.4) is 0 Å². The number of amides is 1. The van der Waals surface area contributed by atoms with Gasteiger partial charge in [0.15, 0.2) is 0 Å². The molecule has 1 aromatic carbocycles. The first-order valence-corrected chi connectivity index (χ1v) is 9.12. The normalized spacial score (nSPS) is 15.4. The third-order valence-corrected chi connectivity index (χ3v) is 5.32. The average Bonchev–Trinajstić information content (AvgIpc) is 3.26. The molecule has 1 saturated heterocycles. The summed E-state index contributed by atoms with van der Waals surface area (Å²) in [6, 6.07) is 9.77. The first-order chi connectivity index (χ1) is 13.0. The van der Waals surface area contributed by atoms with Gasteiger partial charge in [0.25, 0.3) is 5.91 Å². The summed E-state index contributed by atoms with van der Waals surface area (Å²) in [5, 5.41) is 16.9. The number of rotatable bonds is 4. The Morgan fingerprint density at radius 2 is 2.00 bits per heavy atom. The number of benzene rings is 1. The van der Waals surface area contributed by atoms with E-state index in [-0.39, 0.29) is 18.2 Å². The van der Waals surface area contributed by atoms with Crippen molar-refractivity contribution >= 4 is 22.8 Å². The van der Waals surface area contributed by atoms with Crippen LogP contribution >= 0.6 is 0 Å². The summed E-state index contributed by atoms with van der Waals surface area (Å²) in [4.78, 5) is 25.7. The van der Waals surface area contributed by atoms with Gasteiger partial charge < -0.3 is 14.6 Å². The van der Waals surface area contributed by atoms with E-state index < -0.39 is 5.97 Å². The number of likely N-dealkylation sites (tertiary alicyclic amines) is 1. The number of fused-ring (bicyclic) bond motifs is 1. The zero-order valence-corrected chi connectivity index (χ0v) is 15.2. The molecule has 27 heavy (non-hydrogen) atoms. The maximum atomic E-state index is 13.0. The van der Waals surface area contributed by atoms with Crippen LogP contribution in [0.25, 0.3) is 10.9 Å². The molecule has 7 nitrogen and oxygen atoms in total. The van der Waals surface area contributed by atoms with Crippen LogP contribution in [-0.4, -0.2) is 49.7 Å². The van der Waals surface area contributed by atoms with Crippen molar-refractivity contribution in [2.75, 3.05) is 13.1 Å². The molecule has 3 heterocycles. The van der Waals surface area contributed by atoms with Gasteiger partial charge in [0.2, 0.25) is 0 Å². The van der Waals surface area contributed by atoms with E-state index in [1.807, 2.05) is 53.0 Å². The minimum absolute atomic E-state index is 0.0502. The van der Waals surface area contributed by atoms with Crippen molar-refractivity contribution in [3.63, 3.8) is 0 Å². The molecule has 0 unspecified atom stereocenters. The Labute approximate surface area is 156 Å². The predicted octanol–water partition coefficient (Wildman–Crippen LogP) is 2.55. The van der Waals surface area contributed by atoms with Crippen LogP contribution in [0.4, 0.5) is 0 Å². The van der Waals surface area contributed by atoms with Crippen LogP contribution in [0.15, 0.2) is 36.5 Å². The average molecular weight is 366 g/mol. The van der Waals surface area contributed by atoms with Crippen LogP contribution < -0.4 is 0 Å². The fourth-order valence-corrected chi connectivity index (χ4v) is 3.90. The molecule has 4 rings (SSSR count). The van der Waals surface area contributed by atoms with Gasteiger partial charge >= 0.3 is 5.97 Å². The van der Waals surface area contributed by atoms with Gasteiger partial charge in [0.05, 0.1) is 17.7 Å². The summed E-state index contributed by atoms with van der Waals surface area (Å²) in [5.41, 5.74) is 3.31. The quantitative estimate of drug-likeness (QED) is 0.742. The molecule has 0 atom stereocenters. The first-order valence-electron chi connectivity index (χ1n) is 9.12. The minimum Gasteiger partial charge on any atom is -0.481 e. The lowest BCUT2D eigenvalue weighted by molar-refractivity contribution is -0.136. The molecule has 2 aromatic heterocycles. The van der Waals surface area contributed by atoms with E-state index in [2.05, 4.69) is 10.2 Å². The molecule has 1 fully saturated rings. The van der Waals surface area contributed by atoms with Crippen LogP contribution in [0.2, 0.25) is 0 Å².